The highest BCUT2D eigenvalue weighted by Crippen LogP contribution is 2.34. The molecule has 0 amide bonds. The Morgan fingerprint density at radius 2 is 1.76 bits per heavy atom. The van der Waals surface area contributed by atoms with Gasteiger partial charge in [0.1, 0.15) is 5.82 Å². The number of nitrogens with zero attached hydrogens (tertiary/aromatic N) is 1. The smallest absolute Gasteiger partial charge is 0.123 e. The molecule has 2 fully saturated rings. The van der Waals surface area contributed by atoms with E-state index in [1.165, 1.54) is 11.6 Å². The quantitative estimate of drug-likeness (QED) is 0.768. The maximum Gasteiger partial charge on any atom is 0.123 e. The molecular formula is C25H33FN2O. The molecule has 1 aliphatic heterocycles. The fraction of sp³-hybridized carbons (Fsp3) is 0.520. The number of rotatable bonds is 6. The first-order valence-corrected chi connectivity index (χ1v) is 11.1. The van der Waals surface area contributed by atoms with E-state index in [0.717, 1.165) is 63.9 Å². The third-order valence-corrected chi connectivity index (χ3v) is 6.67. The Labute approximate surface area is 174 Å². The van der Waals surface area contributed by atoms with E-state index in [4.69, 9.17) is 10.5 Å². The molecule has 1 heterocycles. The number of hydrogen-bond acceptors (Lipinski definition) is 3. The lowest BCUT2D eigenvalue weighted by atomic mass is 9.82. The third-order valence-electron chi connectivity index (χ3n) is 6.67. The second-order valence-corrected chi connectivity index (χ2v) is 8.80. The summed E-state index contributed by atoms with van der Waals surface area (Å²) in [4.78, 5) is 2.51. The van der Waals surface area contributed by atoms with Gasteiger partial charge in [-0.25, -0.2) is 4.39 Å². The van der Waals surface area contributed by atoms with E-state index in [1.54, 1.807) is 6.07 Å². The SMILES string of the molecule is N[C@H]1CCN(Cc2ccccc2)CC1CO[C@H]1CC[C@@H](c2cccc(F)c2)CC1. The molecule has 29 heavy (non-hydrogen) atoms. The minimum Gasteiger partial charge on any atom is -0.378 e. The summed E-state index contributed by atoms with van der Waals surface area (Å²) >= 11 is 0. The van der Waals surface area contributed by atoms with Gasteiger partial charge in [0.25, 0.3) is 0 Å². The summed E-state index contributed by atoms with van der Waals surface area (Å²) in [7, 11) is 0. The number of likely N-dealkylation sites (tertiary alicyclic amines) is 1. The zero-order valence-electron chi connectivity index (χ0n) is 17.2. The minimum absolute atomic E-state index is 0.132. The lowest BCUT2D eigenvalue weighted by molar-refractivity contribution is -0.0162. The van der Waals surface area contributed by atoms with Gasteiger partial charge >= 0.3 is 0 Å². The lowest BCUT2D eigenvalue weighted by Gasteiger charge is -2.38. The van der Waals surface area contributed by atoms with Gasteiger partial charge in [0.15, 0.2) is 0 Å². The summed E-state index contributed by atoms with van der Waals surface area (Å²) in [5, 5.41) is 0. The van der Waals surface area contributed by atoms with Crippen LogP contribution in [0.4, 0.5) is 4.39 Å². The fourth-order valence-electron chi connectivity index (χ4n) is 4.87. The van der Waals surface area contributed by atoms with E-state index in [1.807, 2.05) is 6.07 Å². The molecule has 2 N–H and O–H groups in total. The van der Waals surface area contributed by atoms with Crippen LogP contribution in [0.2, 0.25) is 0 Å². The van der Waals surface area contributed by atoms with E-state index in [0.29, 0.717) is 17.9 Å². The van der Waals surface area contributed by atoms with Gasteiger partial charge in [-0.2, -0.15) is 0 Å². The molecule has 1 saturated carbocycles. The molecule has 2 aliphatic rings. The first-order chi connectivity index (χ1) is 14.2. The number of ether oxygens (including phenoxy) is 1. The van der Waals surface area contributed by atoms with Crippen LogP contribution in [0.15, 0.2) is 54.6 Å². The molecule has 2 aromatic carbocycles. The van der Waals surface area contributed by atoms with Crippen LogP contribution in [0.25, 0.3) is 0 Å². The standard InChI is InChI=1S/C25H33FN2O/c26-23-8-4-7-21(15-23)20-9-11-24(12-10-20)29-18-22-17-28(14-13-25(22)27)16-19-5-2-1-3-6-19/h1-8,15,20,22,24-25H,9-14,16-18,27H2/t20-,22?,24+,25-/m0/s1. The van der Waals surface area contributed by atoms with Gasteiger partial charge in [0.05, 0.1) is 12.7 Å². The summed E-state index contributed by atoms with van der Waals surface area (Å²) in [6.45, 7) is 3.81. The third kappa shape index (κ3) is 5.65. The molecular weight excluding hydrogens is 363 g/mol. The molecule has 4 rings (SSSR count). The van der Waals surface area contributed by atoms with E-state index in [9.17, 15) is 4.39 Å². The van der Waals surface area contributed by atoms with Crippen molar-refractivity contribution in [3.63, 3.8) is 0 Å². The van der Waals surface area contributed by atoms with E-state index in [2.05, 4.69) is 41.3 Å². The van der Waals surface area contributed by atoms with E-state index in [-0.39, 0.29) is 11.9 Å². The van der Waals surface area contributed by atoms with Crippen molar-refractivity contribution in [1.29, 1.82) is 0 Å². The predicted octanol–water partition coefficient (Wildman–Crippen LogP) is 4.72. The van der Waals surface area contributed by atoms with Gasteiger partial charge in [-0.15, -0.1) is 0 Å². The van der Waals surface area contributed by atoms with Crippen LogP contribution < -0.4 is 5.73 Å². The normalized spacial score (nSPS) is 28.3. The van der Waals surface area contributed by atoms with Gasteiger partial charge in [0, 0.05) is 25.0 Å². The minimum atomic E-state index is -0.132. The Morgan fingerprint density at radius 1 is 0.966 bits per heavy atom. The average molecular weight is 397 g/mol. The summed E-state index contributed by atoms with van der Waals surface area (Å²) in [6.07, 6.45) is 5.60. The van der Waals surface area contributed by atoms with Crippen LogP contribution in [0.1, 0.15) is 49.1 Å². The van der Waals surface area contributed by atoms with Crippen LogP contribution >= 0.6 is 0 Å². The number of halogens is 1. The van der Waals surface area contributed by atoms with E-state index < -0.39 is 0 Å². The van der Waals surface area contributed by atoms with Crippen molar-refractivity contribution in [1.82, 2.24) is 4.90 Å². The molecule has 156 valence electrons. The van der Waals surface area contributed by atoms with Crippen LogP contribution in [0, 0.1) is 11.7 Å². The second kappa shape index (κ2) is 9.84. The van der Waals surface area contributed by atoms with Crippen molar-refractivity contribution in [3.05, 3.63) is 71.5 Å². The second-order valence-electron chi connectivity index (χ2n) is 8.80. The molecule has 0 aromatic heterocycles. The molecule has 4 heteroatoms. The van der Waals surface area contributed by atoms with Crippen molar-refractivity contribution in [2.75, 3.05) is 19.7 Å². The highest BCUT2D eigenvalue weighted by Gasteiger charge is 2.29. The molecule has 0 radical (unpaired) electrons. The maximum absolute atomic E-state index is 13.5. The van der Waals surface area contributed by atoms with Gasteiger partial charge in [-0.3, -0.25) is 4.90 Å². The highest BCUT2D eigenvalue weighted by atomic mass is 19.1. The van der Waals surface area contributed by atoms with Crippen molar-refractivity contribution in [2.24, 2.45) is 11.7 Å². The zero-order chi connectivity index (χ0) is 20.1. The van der Waals surface area contributed by atoms with Gasteiger partial charge in [0.2, 0.25) is 0 Å². The zero-order valence-corrected chi connectivity index (χ0v) is 17.2. The topological polar surface area (TPSA) is 38.5 Å². The molecule has 0 bridgehead atoms. The molecule has 2 aromatic rings. The number of piperidine rings is 1. The lowest BCUT2D eigenvalue weighted by Crippen LogP contribution is -2.48. The van der Waals surface area contributed by atoms with Crippen molar-refractivity contribution < 1.29 is 9.13 Å². The number of nitrogens with two attached hydrogens (primary N) is 1. The maximum atomic E-state index is 13.5. The van der Waals surface area contributed by atoms with Crippen molar-refractivity contribution >= 4 is 0 Å². The molecule has 3 nitrogen and oxygen atoms in total. The average Bonchev–Trinajstić information content (AvgIpc) is 2.75. The fourth-order valence-corrected chi connectivity index (χ4v) is 4.87. The van der Waals surface area contributed by atoms with Crippen molar-refractivity contribution in [3.8, 4) is 0 Å². The molecule has 1 unspecified atom stereocenters. The highest BCUT2D eigenvalue weighted by molar-refractivity contribution is 5.21. The molecule has 1 aliphatic carbocycles. The Balaban J connectivity index is 1.23. The van der Waals surface area contributed by atoms with Gasteiger partial charge < -0.3 is 10.5 Å². The number of benzene rings is 2. The Bertz CT molecular complexity index is 760. The molecule has 1 saturated heterocycles. The summed E-state index contributed by atoms with van der Waals surface area (Å²) < 4.78 is 19.8. The van der Waals surface area contributed by atoms with Crippen molar-refractivity contribution in [2.45, 2.75) is 56.7 Å². The monoisotopic (exact) mass is 396 g/mol. The largest absolute Gasteiger partial charge is 0.378 e. The Hall–Kier alpha value is -1.75. The molecule has 0 spiro atoms. The van der Waals surface area contributed by atoms with Gasteiger partial charge in [-0.1, -0.05) is 42.5 Å². The number of hydrogen-bond donors (Lipinski definition) is 1. The first kappa shape index (κ1) is 20.5. The van der Waals surface area contributed by atoms with Crippen LogP contribution in [0.5, 0.6) is 0 Å². The van der Waals surface area contributed by atoms with Gasteiger partial charge in [-0.05, 0) is 67.8 Å². The molecule has 2 atom stereocenters. The summed E-state index contributed by atoms with van der Waals surface area (Å²) in [6, 6.07) is 18.0. The van der Waals surface area contributed by atoms with Crippen LogP contribution in [-0.4, -0.2) is 36.7 Å². The summed E-state index contributed by atoms with van der Waals surface area (Å²) in [5.74, 6) is 0.726. The Kier molecular flexibility index (Phi) is 6.96. The van der Waals surface area contributed by atoms with Crippen LogP contribution in [-0.2, 0) is 11.3 Å². The summed E-state index contributed by atoms with van der Waals surface area (Å²) in [5.41, 5.74) is 8.91. The predicted molar refractivity (Wildman–Crippen MR) is 115 cm³/mol. The van der Waals surface area contributed by atoms with E-state index >= 15 is 0 Å². The Morgan fingerprint density at radius 3 is 2.52 bits per heavy atom. The van der Waals surface area contributed by atoms with Crippen LogP contribution in [0.3, 0.4) is 0 Å². The first-order valence-electron chi connectivity index (χ1n) is 11.1.